The molecule has 1 atom stereocenters. The van der Waals surface area contributed by atoms with Crippen LogP contribution in [0.3, 0.4) is 0 Å². The zero-order chi connectivity index (χ0) is 11.8. The molecule has 0 spiro atoms. The van der Waals surface area contributed by atoms with Crippen LogP contribution in [0, 0.1) is 11.8 Å². The summed E-state index contributed by atoms with van der Waals surface area (Å²) in [4.78, 5) is 11.6. The van der Waals surface area contributed by atoms with Gasteiger partial charge in [-0.05, 0) is 25.3 Å². The Morgan fingerprint density at radius 3 is 2.88 bits per heavy atom. The molecule has 0 aromatic carbocycles. The van der Waals surface area contributed by atoms with Crippen molar-refractivity contribution in [2.75, 3.05) is 32.8 Å². The summed E-state index contributed by atoms with van der Waals surface area (Å²) in [6.07, 6.45) is 1.87. The van der Waals surface area contributed by atoms with Crippen LogP contribution < -0.4 is 10.6 Å². The van der Waals surface area contributed by atoms with E-state index < -0.39 is 0 Å². The van der Waals surface area contributed by atoms with E-state index in [2.05, 4.69) is 24.5 Å². The van der Waals surface area contributed by atoms with E-state index in [1.165, 1.54) is 0 Å². The Bertz CT molecular complexity index is 207. The minimum Gasteiger partial charge on any atom is -0.381 e. The summed E-state index contributed by atoms with van der Waals surface area (Å²) < 4.78 is 5.44. The molecule has 102 valence electrons. The molecule has 0 aromatic heterocycles. The van der Waals surface area contributed by atoms with Crippen LogP contribution >= 0.6 is 12.4 Å². The van der Waals surface area contributed by atoms with Gasteiger partial charge in [0.2, 0.25) is 5.91 Å². The lowest BCUT2D eigenvalue weighted by atomic mass is 10.1. The number of carbonyl (C=O) groups is 1. The average Bonchev–Trinajstić information content (AvgIpc) is 2.75. The Labute approximate surface area is 110 Å². The Hall–Kier alpha value is -0.320. The summed E-state index contributed by atoms with van der Waals surface area (Å²) >= 11 is 0. The van der Waals surface area contributed by atoms with Crippen molar-refractivity contribution >= 4 is 18.3 Å². The second kappa shape index (κ2) is 9.68. The predicted molar refractivity (Wildman–Crippen MR) is 71.5 cm³/mol. The number of hydrogen-bond acceptors (Lipinski definition) is 3. The highest BCUT2D eigenvalue weighted by Gasteiger charge is 2.21. The van der Waals surface area contributed by atoms with E-state index >= 15 is 0 Å². The molecule has 1 amide bonds. The lowest BCUT2D eigenvalue weighted by Crippen LogP contribution is -2.33. The van der Waals surface area contributed by atoms with Crippen molar-refractivity contribution in [3.05, 3.63) is 0 Å². The van der Waals surface area contributed by atoms with E-state index in [9.17, 15) is 4.79 Å². The zero-order valence-electron chi connectivity index (χ0n) is 10.8. The maximum Gasteiger partial charge on any atom is 0.224 e. The molecule has 1 aliphatic heterocycles. The second-order valence-corrected chi connectivity index (χ2v) is 4.80. The molecule has 1 fully saturated rings. The van der Waals surface area contributed by atoms with E-state index in [1.807, 2.05) is 0 Å². The highest BCUT2D eigenvalue weighted by atomic mass is 35.5. The predicted octanol–water partition coefficient (Wildman–Crippen LogP) is 1.20. The molecular formula is C12H25ClN2O2. The van der Waals surface area contributed by atoms with Crippen molar-refractivity contribution in [3.8, 4) is 0 Å². The number of carbonyl (C=O) groups excluding carboxylic acids is 1. The van der Waals surface area contributed by atoms with Crippen LogP contribution in [0.5, 0.6) is 0 Å². The van der Waals surface area contributed by atoms with Crippen LogP contribution in [0.2, 0.25) is 0 Å². The monoisotopic (exact) mass is 264 g/mol. The first-order chi connectivity index (χ1) is 7.70. The lowest BCUT2D eigenvalue weighted by Gasteiger charge is -2.10. The van der Waals surface area contributed by atoms with Crippen molar-refractivity contribution in [2.24, 2.45) is 11.8 Å². The van der Waals surface area contributed by atoms with E-state index in [0.717, 1.165) is 45.7 Å². The Kier molecular flexibility index (Phi) is 9.50. The van der Waals surface area contributed by atoms with Gasteiger partial charge in [0.05, 0.1) is 5.92 Å². The Morgan fingerprint density at radius 2 is 2.29 bits per heavy atom. The average molecular weight is 265 g/mol. The minimum atomic E-state index is 0. The summed E-state index contributed by atoms with van der Waals surface area (Å²) in [7, 11) is 0. The van der Waals surface area contributed by atoms with Crippen LogP contribution in [0.15, 0.2) is 0 Å². The van der Waals surface area contributed by atoms with Gasteiger partial charge in [0.25, 0.3) is 0 Å². The van der Waals surface area contributed by atoms with Crippen LogP contribution in [-0.4, -0.2) is 38.8 Å². The number of ether oxygens (including phenoxy) is 1. The number of amides is 1. The van der Waals surface area contributed by atoms with E-state index in [4.69, 9.17) is 4.74 Å². The molecule has 4 nitrogen and oxygen atoms in total. The van der Waals surface area contributed by atoms with Crippen molar-refractivity contribution in [2.45, 2.75) is 26.7 Å². The highest BCUT2D eigenvalue weighted by Crippen LogP contribution is 2.06. The number of hydrogen-bond donors (Lipinski definition) is 2. The molecule has 1 aliphatic rings. The van der Waals surface area contributed by atoms with E-state index in [-0.39, 0.29) is 24.2 Å². The van der Waals surface area contributed by atoms with Crippen LogP contribution in [0.4, 0.5) is 0 Å². The standard InChI is InChI=1S/C12H24N2O2.ClH/c1-10(2)9-16-7-3-5-14-12(15)11-4-6-13-8-11;/h10-11,13H,3-9H2,1-2H3,(H,14,15);1H. The number of rotatable bonds is 7. The van der Waals surface area contributed by atoms with Gasteiger partial charge >= 0.3 is 0 Å². The fraction of sp³-hybridized carbons (Fsp3) is 0.917. The van der Waals surface area contributed by atoms with Gasteiger partial charge in [0, 0.05) is 26.3 Å². The van der Waals surface area contributed by atoms with Crippen molar-refractivity contribution in [3.63, 3.8) is 0 Å². The molecule has 1 saturated heterocycles. The molecule has 0 radical (unpaired) electrons. The zero-order valence-corrected chi connectivity index (χ0v) is 11.6. The SMILES string of the molecule is CC(C)COCCCNC(=O)C1CCNC1.Cl. The third kappa shape index (κ3) is 7.58. The van der Waals surface area contributed by atoms with Crippen molar-refractivity contribution < 1.29 is 9.53 Å². The van der Waals surface area contributed by atoms with Crippen molar-refractivity contribution in [1.82, 2.24) is 10.6 Å². The summed E-state index contributed by atoms with van der Waals surface area (Å²) in [5, 5.41) is 6.14. The summed E-state index contributed by atoms with van der Waals surface area (Å²) in [5.41, 5.74) is 0. The first-order valence-electron chi connectivity index (χ1n) is 6.26. The normalized spacial score (nSPS) is 19.1. The van der Waals surface area contributed by atoms with Crippen LogP contribution in [-0.2, 0) is 9.53 Å². The molecule has 0 aromatic rings. The molecular weight excluding hydrogens is 240 g/mol. The van der Waals surface area contributed by atoms with Crippen LogP contribution in [0.1, 0.15) is 26.7 Å². The largest absolute Gasteiger partial charge is 0.381 e. The lowest BCUT2D eigenvalue weighted by molar-refractivity contribution is -0.124. The Morgan fingerprint density at radius 1 is 1.53 bits per heavy atom. The van der Waals surface area contributed by atoms with Gasteiger partial charge < -0.3 is 15.4 Å². The van der Waals surface area contributed by atoms with Gasteiger partial charge in [-0.3, -0.25) is 4.79 Å². The minimum absolute atomic E-state index is 0. The molecule has 2 N–H and O–H groups in total. The van der Waals surface area contributed by atoms with Gasteiger partial charge in [-0.2, -0.15) is 0 Å². The number of halogens is 1. The molecule has 0 saturated carbocycles. The third-order valence-electron chi connectivity index (χ3n) is 2.65. The van der Waals surface area contributed by atoms with Gasteiger partial charge in [-0.15, -0.1) is 12.4 Å². The smallest absolute Gasteiger partial charge is 0.224 e. The van der Waals surface area contributed by atoms with Crippen molar-refractivity contribution in [1.29, 1.82) is 0 Å². The quantitative estimate of drug-likeness (QED) is 0.680. The molecule has 5 heteroatoms. The van der Waals surface area contributed by atoms with Gasteiger partial charge in [0.1, 0.15) is 0 Å². The maximum absolute atomic E-state index is 11.6. The van der Waals surface area contributed by atoms with E-state index in [0.29, 0.717) is 5.92 Å². The molecule has 17 heavy (non-hydrogen) atoms. The molecule has 1 rings (SSSR count). The number of nitrogens with one attached hydrogen (secondary N) is 2. The Balaban J connectivity index is 0.00000256. The topological polar surface area (TPSA) is 50.4 Å². The molecule has 1 unspecified atom stereocenters. The molecule has 0 aliphatic carbocycles. The molecule has 0 bridgehead atoms. The summed E-state index contributed by atoms with van der Waals surface area (Å²) in [5.74, 6) is 0.949. The highest BCUT2D eigenvalue weighted by molar-refractivity contribution is 5.85. The first-order valence-corrected chi connectivity index (χ1v) is 6.26. The van der Waals surface area contributed by atoms with Gasteiger partial charge in [0.15, 0.2) is 0 Å². The summed E-state index contributed by atoms with van der Waals surface area (Å²) in [6, 6.07) is 0. The molecule has 1 heterocycles. The second-order valence-electron chi connectivity index (χ2n) is 4.80. The first kappa shape index (κ1) is 16.7. The van der Waals surface area contributed by atoms with E-state index in [1.54, 1.807) is 0 Å². The maximum atomic E-state index is 11.6. The van der Waals surface area contributed by atoms with Gasteiger partial charge in [-0.25, -0.2) is 0 Å². The van der Waals surface area contributed by atoms with Crippen LogP contribution in [0.25, 0.3) is 0 Å². The van der Waals surface area contributed by atoms with Gasteiger partial charge in [-0.1, -0.05) is 13.8 Å². The fourth-order valence-corrected chi connectivity index (χ4v) is 1.73. The fourth-order valence-electron chi connectivity index (χ4n) is 1.73. The summed E-state index contributed by atoms with van der Waals surface area (Å²) in [6.45, 7) is 8.34. The third-order valence-corrected chi connectivity index (χ3v) is 2.65.